The van der Waals surface area contributed by atoms with Gasteiger partial charge in [0.2, 0.25) is 5.91 Å². The third-order valence-electron chi connectivity index (χ3n) is 3.10. The fraction of sp³-hybridized carbons (Fsp3) is 0.529. The molecule has 0 bridgehead atoms. The second-order valence-electron chi connectivity index (χ2n) is 6.28. The molecule has 0 aliphatic carbocycles. The fourth-order valence-corrected chi connectivity index (χ4v) is 1.99. The average molecular weight is 324 g/mol. The van der Waals surface area contributed by atoms with Gasteiger partial charge < -0.3 is 15.0 Å². The van der Waals surface area contributed by atoms with Crippen molar-refractivity contribution in [2.45, 2.75) is 39.7 Å². The molecular weight excluding hydrogens is 299 g/mol. The lowest BCUT2D eigenvalue weighted by molar-refractivity contribution is -0.128. The van der Waals surface area contributed by atoms with Gasteiger partial charge in [-0.1, -0.05) is 18.2 Å². The largest absolute Gasteiger partial charge is 0.444 e. The maximum Gasteiger partial charge on any atom is 0.407 e. The van der Waals surface area contributed by atoms with E-state index in [1.54, 1.807) is 43.9 Å². The monoisotopic (exact) mass is 324 g/mol. The van der Waals surface area contributed by atoms with Gasteiger partial charge in [0, 0.05) is 26.6 Å². The summed E-state index contributed by atoms with van der Waals surface area (Å²) >= 11 is 0. The minimum atomic E-state index is -0.560. The van der Waals surface area contributed by atoms with Crippen LogP contribution in [0.2, 0.25) is 0 Å². The van der Waals surface area contributed by atoms with Crippen molar-refractivity contribution < 1.29 is 18.7 Å². The van der Waals surface area contributed by atoms with E-state index in [0.717, 1.165) is 0 Å². The Morgan fingerprint density at radius 3 is 2.43 bits per heavy atom. The first-order valence-electron chi connectivity index (χ1n) is 7.65. The van der Waals surface area contributed by atoms with Crippen molar-refractivity contribution in [2.24, 2.45) is 0 Å². The second kappa shape index (κ2) is 8.50. The highest BCUT2D eigenvalue weighted by Crippen LogP contribution is 2.08. The van der Waals surface area contributed by atoms with E-state index in [-0.39, 0.29) is 18.3 Å². The molecule has 1 N–H and O–H groups in total. The Kier molecular flexibility index (Phi) is 7.00. The summed E-state index contributed by atoms with van der Waals surface area (Å²) in [5.41, 5.74) is 0.00805. The quantitative estimate of drug-likeness (QED) is 0.875. The Hall–Kier alpha value is -2.11. The molecule has 6 heteroatoms. The molecule has 0 saturated carbocycles. The van der Waals surface area contributed by atoms with Gasteiger partial charge in [0.1, 0.15) is 11.4 Å². The molecule has 0 aliphatic rings. The van der Waals surface area contributed by atoms with E-state index in [4.69, 9.17) is 4.74 Å². The van der Waals surface area contributed by atoms with Crippen molar-refractivity contribution >= 4 is 12.0 Å². The Balaban J connectivity index is 2.43. The highest BCUT2D eigenvalue weighted by Gasteiger charge is 2.16. The molecule has 23 heavy (non-hydrogen) atoms. The van der Waals surface area contributed by atoms with Gasteiger partial charge in [-0.15, -0.1) is 0 Å². The fourth-order valence-electron chi connectivity index (χ4n) is 1.99. The Bertz CT molecular complexity index is 541. The average Bonchev–Trinajstić information content (AvgIpc) is 2.41. The summed E-state index contributed by atoms with van der Waals surface area (Å²) in [6.45, 7) is 7.82. The highest BCUT2D eigenvalue weighted by atomic mass is 19.1. The molecule has 1 rings (SSSR count). The van der Waals surface area contributed by atoms with Crippen LogP contribution in [0.4, 0.5) is 9.18 Å². The molecule has 0 atom stereocenters. The zero-order valence-electron chi connectivity index (χ0n) is 14.2. The number of carbonyl (C=O) groups excluding carboxylic acids is 2. The number of rotatable bonds is 6. The summed E-state index contributed by atoms with van der Waals surface area (Å²) in [5.74, 6) is -0.393. The normalized spacial score (nSPS) is 11.0. The molecule has 0 fully saturated rings. The van der Waals surface area contributed by atoms with Crippen LogP contribution >= 0.6 is 0 Å². The predicted octanol–water partition coefficient (Wildman–Crippen LogP) is 2.74. The van der Waals surface area contributed by atoms with Crippen LogP contribution in [0.25, 0.3) is 0 Å². The minimum absolute atomic E-state index is 0.118. The summed E-state index contributed by atoms with van der Waals surface area (Å²) in [7, 11) is 0. The van der Waals surface area contributed by atoms with Crippen LogP contribution in [-0.4, -0.2) is 42.1 Å². The van der Waals surface area contributed by atoms with Crippen LogP contribution in [0, 0.1) is 5.82 Å². The third-order valence-corrected chi connectivity index (χ3v) is 3.10. The lowest BCUT2D eigenvalue weighted by atomic mass is 10.1. The van der Waals surface area contributed by atoms with Gasteiger partial charge in [0.05, 0.1) is 0 Å². The molecule has 0 unspecified atom stereocenters. The first-order chi connectivity index (χ1) is 10.7. The van der Waals surface area contributed by atoms with Gasteiger partial charge in [0.25, 0.3) is 0 Å². The van der Waals surface area contributed by atoms with Crippen molar-refractivity contribution in [3.05, 3.63) is 35.6 Å². The number of alkyl carbamates (subject to hydrolysis) is 1. The molecule has 0 heterocycles. The maximum atomic E-state index is 13.6. The Labute approximate surface area is 136 Å². The third kappa shape index (κ3) is 7.63. The molecule has 1 aromatic rings. The van der Waals surface area contributed by atoms with E-state index in [9.17, 15) is 14.0 Å². The summed E-state index contributed by atoms with van der Waals surface area (Å²) < 4.78 is 18.7. The number of nitrogens with zero attached hydrogens (tertiary/aromatic N) is 1. The summed E-state index contributed by atoms with van der Waals surface area (Å²) in [6.07, 6.45) is -0.0892. The van der Waals surface area contributed by atoms with E-state index in [1.165, 1.54) is 13.0 Å². The summed E-state index contributed by atoms with van der Waals surface area (Å²) in [5, 5.41) is 2.60. The van der Waals surface area contributed by atoms with Crippen molar-refractivity contribution in [1.82, 2.24) is 10.2 Å². The Morgan fingerprint density at radius 1 is 1.22 bits per heavy atom. The second-order valence-corrected chi connectivity index (χ2v) is 6.28. The van der Waals surface area contributed by atoms with E-state index < -0.39 is 11.7 Å². The highest BCUT2D eigenvalue weighted by molar-refractivity contribution is 5.73. The van der Waals surface area contributed by atoms with Crippen LogP contribution in [0.3, 0.4) is 0 Å². The van der Waals surface area contributed by atoms with Gasteiger partial charge in [-0.05, 0) is 38.8 Å². The van der Waals surface area contributed by atoms with Crippen LogP contribution in [0.1, 0.15) is 33.3 Å². The SMILES string of the molecule is CC(=O)N(CCNC(=O)OC(C)(C)C)CCc1ccccc1F. The van der Waals surface area contributed by atoms with Gasteiger partial charge in [-0.25, -0.2) is 9.18 Å². The lowest BCUT2D eigenvalue weighted by Crippen LogP contribution is -2.40. The van der Waals surface area contributed by atoms with Gasteiger partial charge in [-0.2, -0.15) is 0 Å². The number of benzene rings is 1. The number of halogens is 1. The molecular formula is C17H25FN2O3. The zero-order chi connectivity index (χ0) is 17.5. The number of hydrogen-bond donors (Lipinski definition) is 1. The zero-order valence-corrected chi connectivity index (χ0v) is 14.2. The van der Waals surface area contributed by atoms with Crippen molar-refractivity contribution in [2.75, 3.05) is 19.6 Å². The Morgan fingerprint density at radius 2 is 1.87 bits per heavy atom. The molecule has 1 aromatic carbocycles. The topological polar surface area (TPSA) is 58.6 Å². The number of hydrogen-bond acceptors (Lipinski definition) is 3. The van der Waals surface area contributed by atoms with Crippen LogP contribution in [0.15, 0.2) is 24.3 Å². The van der Waals surface area contributed by atoms with Crippen LogP contribution in [-0.2, 0) is 16.0 Å². The van der Waals surface area contributed by atoms with Gasteiger partial charge in [0.15, 0.2) is 0 Å². The number of amides is 2. The van der Waals surface area contributed by atoms with E-state index in [0.29, 0.717) is 25.1 Å². The van der Waals surface area contributed by atoms with Gasteiger partial charge >= 0.3 is 6.09 Å². The summed E-state index contributed by atoms with van der Waals surface area (Å²) in [6, 6.07) is 6.50. The molecule has 5 nitrogen and oxygen atoms in total. The molecule has 0 aromatic heterocycles. The first-order valence-corrected chi connectivity index (χ1v) is 7.65. The smallest absolute Gasteiger partial charge is 0.407 e. The van der Waals surface area contributed by atoms with Crippen molar-refractivity contribution in [3.63, 3.8) is 0 Å². The van der Waals surface area contributed by atoms with Crippen LogP contribution in [0.5, 0.6) is 0 Å². The minimum Gasteiger partial charge on any atom is -0.444 e. The molecule has 2 amide bonds. The summed E-state index contributed by atoms with van der Waals surface area (Å²) in [4.78, 5) is 24.8. The number of carbonyl (C=O) groups is 2. The molecule has 128 valence electrons. The number of ether oxygens (including phenoxy) is 1. The first kappa shape index (κ1) is 18.9. The number of nitrogens with one attached hydrogen (secondary N) is 1. The van der Waals surface area contributed by atoms with E-state index in [2.05, 4.69) is 5.32 Å². The molecule has 0 radical (unpaired) electrons. The standard InChI is InChI=1S/C17H25FN2O3/c1-13(21)20(11-9-14-7-5-6-8-15(14)18)12-10-19-16(22)23-17(2,3)4/h5-8H,9-12H2,1-4H3,(H,19,22). The maximum absolute atomic E-state index is 13.6. The molecule has 0 spiro atoms. The molecule has 0 saturated heterocycles. The lowest BCUT2D eigenvalue weighted by Gasteiger charge is -2.23. The van der Waals surface area contributed by atoms with E-state index >= 15 is 0 Å². The van der Waals surface area contributed by atoms with Crippen molar-refractivity contribution in [1.29, 1.82) is 0 Å². The molecule has 0 aliphatic heterocycles. The van der Waals surface area contributed by atoms with Crippen LogP contribution < -0.4 is 5.32 Å². The predicted molar refractivity (Wildman–Crippen MR) is 86.6 cm³/mol. The van der Waals surface area contributed by atoms with Gasteiger partial charge in [-0.3, -0.25) is 4.79 Å². The van der Waals surface area contributed by atoms with E-state index in [1.807, 2.05) is 0 Å². The van der Waals surface area contributed by atoms with Crippen molar-refractivity contribution in [3.8, 4) is 0 Å².